The molecular formula is C10H23N3O. The van der Waals surface area contributed by atoms with Gasteiger partial charge >= 0.3 is 0 Å². The summed E-state index contributed by atoms with van der Waals surface area (Å²) in [4.78, 5) is 15.6. The van der Waals surface area contributed by atoms with Gasteiger partial charge in [0.25, 0.3) is 0 Å². The fourth-order valence-corrected chi connectivity index (χ4v) is 1.23. The first-order valence-electron chi connectivity index (χ1n) is 5.24. The molecule has 4 nitrogen and oxygen atoms in total. The molecule has 0 heterocycles. The van der Waals surface area contributed by atoms with Gasteiger partial charge in [-0.2, -0.15) is 0 Å². The van der Waals surface area contributed by atoms with Crippen LogP contribution in [0.2, 0.25) is 0 Å². The Bertz CT molecular complexity index is 159. The van der Waals surface area contributed by atoms with E-state index in [1.807, 2.05) is 19.0 Å². The van der Waals surface area contributed by atoms with Crippen LogP contribution in [0, 0.1) is 0 Å². The van der Waals surface area contributed by atoms with Crippen LogP contribution in [0.1, 0.15) is 19.8 Å². The van der Waals surface area contributed by atoms with Crippen molar-refractivity contribution >= 4 is 5.91 Å². The molecule has 0 bridgehead atoms. The van der Waals surface area contributed by atoms with Gasteiger partial charge in [-0.1, -0.05) is 6.92 Å². The van der Waals surface area contributed by atoms with Crippen LogP contribution >= 0.6 is 0 Å². The summed E-state index contributed by atoms with van der Waals surface area (Å²) in [6.45, 7) is 5.09. The molecule has 0 rings (SSSR count). The molecule has 0 atom stereocenters. The van der Waals surface area contributed by atoms with Crippen LogP contribution in [-0.2, 0) is 4.79 Å². The molecule has 0 saturated carbocycles. The van der Waals surface area contributed by atoms with E-state index in [4.69, 9.17) is 5.73 Å². The van der Waals surface area contributed by atoms with E-state index in [0.717, 1.165) is 26.1 Å². The van der Waals surface area contributed by atoms with Crippen LogP contribution in [0.3, 0.4) is 0 Å². The van der Waals surface area contributed by atoms with Crippen LogP contribution in [-0.4, -0.2) is 56.0 Å². The number of rotatable bonds is 7. The summed E-state index contributed by atoms with van der Waals surface area (Å²) in [6, 6.07) is 0. The normalized spacial score (nSPS) is 10.6. The second kappa shape index (κ2) is 7.76. The van der Waals surface area contributed by atoms with Crippen molar-refractivity contribution in [2.75, 3.05) is 40.3 Å². The van der Waals surface area contributed by atoms with E-state index in [-0.39, 0.29) is 5.91 Å². The van der Waals surface area contributed by atoms with Crippen molar-refractivity contribution in [2.24, 2.45) is 5.73 Å². The first-order chi connectivity index (χ1) is 6.61. The minimum Gasteiger partial charge on any atom is -0.341 e. The van der Waals surface area contributed by atoms with E-state index in [1.54, 1.807) is 0 Å². The summed E-state index contributed by atoms with van der Waals surface area (Å²) in [7, 11) is 4.02. The number of likely N-dealkylation sites (N-methyl/N-ethyl adjacent to an activating group) is 1. The van der Waals surface area contributed by atoms with Gasteiger partial charge in [0.05, 0.1) is 0 Å². The van der Waals surface area contributed by atoms with E-state index in [9.17, 15) is 4.79 Å². The molecule has 0 aliphatic heterocycles. The molecule has 0 spiro atoms. The highest BCUT2D eigenvalue weighted by Gasteiger charge is 2.10. The first-order valence-corrected chi connectivity index (χ1v) is 5.24. The highest BCUT2D eigenvalue weighted by atomic mass is 16.2. The lowest BCUT2D eigenvalue weighted by atomic mass is 10.3. The Balaban J connectivity index is 3.93. The molecule has 14 heavy (non-hydrogen) atoms. The Morgan fingerprint density at radius 3 is 2.29 bits per heavy atom. The highest BCUT2D eigenvalue weighted by Crippen LogP contribution is 1.96. The number of hydrogen-bond donors (Lipinski definition) is 1. The monoisotopic (exact) mass is 201 g/mol. The molecule has 0 fully saturated rings. The average Bonchev–Trinajstić information content (AvgIpc) is 2.12. The van der Waals surface area contributed by atoms with Crippen molar-refractivity contribution in [3.63, 3.8) is 0 Å². The highest BCUT2D eigenvalue weighted by molar-refractivity contribution is 5.76. The van der Waals surface area contributed by atoms with Crippen LogP contribution in [0.25, 0.3) is 0 Å². The van der Waals surface area contributed by atoms with Crippen molar-refractivity contribution < 1.29 is 4.79 Å². The zero-order valence-corrected chi connectivity index (χ0v) is 9.62. The van der Waals surface area contributed by atoms with Gasteiger partial charge in [0.2, 0.25) is 5.91 Å². The number of amides is 1. The van der Waals surface area contributed by atoms with Gasteiger partial charge in [0, 0.05) is 32.6 Å². The third kappa shape index (κ3) is 5.94. The van der Waals surface area contributed by atoms with Crippen LogP contribution < -0.4 is 5.73 Å². The molecule has 0 aliphatic rings. The zero-order valence-electron chi connectivity index (χ0n) is 9.62. The summed E-state index contributed by atoms with van der Waals surface area (Å²) < 4.78 is 0. The Morgan fingerprint density at radius 1 is 1.21 bits per heavy atom. The molecule has 0 aliphatic carbocycles. The fourth-order valence-electron chi connectivity index (χ4n) is 1.23. The second-order valence-electron chi connectivity index (χ2n) is 3.72. The van der Waals surface area contributed by atoms with Crippen LogP contribution in [0.5, 0.6) is 0 Å². The van der Waals surface area contributed by atoms with Crippen LogP contribution in [0.15, 0.2) is 0 Å². The van der Waals surface area contributed by atoms with Crippen molar-refractivity contribution in [2.45, 2.75) is 19.8 Å². The summed E-state index contributed by atoms with van der Waals surface area (Å²) in [6.07, 6.45) is 1.47. The molecule has 4 heteroatoms. The zero-order chi connectivity index (χ0) is 11.0. The maximum absolute atomic E-state index is 11.6. The van der Waals surface area contributed by atoms with E-state index in [1.165, 1.54) is 0 Å². The van der Waals surface area contributed by atoms with Crippen molar-refractivity contribution in [3.05, 3.63) is 0 Å². The van der Waals surface area contributed by atoms with Gasteiger partial charge < -0.3 is 15.5 Å². The maximum Gasteiger partial charge on any atom is 0.223 e. The summed E-state index contributed by atoms with van der Waals surface area (Å²) in [5, 5.41) is 0. The Labute approximate surface area is 87.0 Å². The van der Waals surface area contributed by atoms with E-state index in [2.05, 4.69) is 11.8 Å². The number of hydrogen-bond acceptors (Lipinski definition) is 3. The number of carbonyl (C=O) groups is 1. The van der Waals surface area contributed by atoms with Gasteiger partial charge in [-0.3, -0.25) is 4.79 Å². The quantitative estimate of drug-likeness (QED) is 0.637. The lowest BCUT2D eigenvalue weighted by molar-refractivity contribution is -0.131. The average molecular weight is 201 g/mol. The third-order valence-corrected chi connectivity index (χ3v) is 2.02. The Morgan fingerprint density at radius 2 is 1.86 bits per heavy atom. The molecule has 0 unspecified atom stereocenters. The predicted octanol–water partition coefficient (Wildman–Crippen LogP) is 0.135. The number of nitrogens with two attached hydrogens (primary N) is 1. The summed E-state index contributed by atoms with van der Waals surface area (Å²) in [5.74, 6) is 0.177. The van der Waals surface area contributed by atoms with Gasteiger partial charge in [-0.25, -0.2) is 0 Å². The maximum atomic E-state index is 11.6. The molecule has 2 N–H and O–H groups in total. The predicted molar refractivity (Wildman–Crippen MR) is 59.1 cm³/mol. The summed E-state index contributed by atoms with van der Waals surface area (Å²) >= 11 is 0. The minimum atomic E-state index is 0.177. The van der Waals surface area contributed by atoms with E-state index >= 15 is 0 Å². The molecule has 0 saturated heterocycles. The topological polar surface area (TPSA) is 49.6 Å². The lowest BCUT2D eigenvalue weighted by Crippen LogP contribution is -2.37. The van der Waals surface area contributed by atoms with Gasteiger partial charge in [-0.05, 0) is 20.5 Å². The minimum absolute atomic E-state index is 0.177. The van der Waals surface area contributed by atoms with Crippen LogP contribution in [0.4, 0.5) is 0 Å². The lowest BCUT2D eigenvalue weighted by Gasteiger charge is -2.23. The first kappa shape index (κ1) is 13.4. The third-order valence-electron chi connectivity index (χ3n) is 2.02. The smallest absolute Gasteiger partial charge is 0.223 e. The van der Waals surface area contributed by atoms with Crippen molar-refractivity contribution in [1.82, 2.24) is 9.80 Å². The second-order valence-corrected chi connectivity index (χ2v) is 3.72. The molecule has 0 aromatic heterocycles. The number of nitrogens with zero attached hydrogens (tertiary/aromatic N) is 2. The molecule has 1 amide bonds. The molecule has 0 aromatic carbocycles. The number of carbonyl (C=O) groups excluding carboxylic acids is 1. The molecule has 0 aromatic rings. The van der Waals surface area contributed by atoms with E-state index in [0.29, 0.717) is 13.0 Å². The van der Waals surface area contributed by atoms with E-state index < -0.39 is 0 Å². The Hall–Kier alpha value is -0.610. The van der Waals surface area contributed by atoms with Gasteiger partial charge in [0.1, 0.15) is 0 Å². The van der Waals surface area contributed by atoms with Gasteiger partial charge in [0.15, 0.2) is 0 Å². The fraction of sp³-hybridized carbons (Fsp3) is 0.900. The van der Waals surface area contributed by atoms with Gasteiger partial charge in [-0.15, -0.1) is 0 Å². The van der Waals surface area contributed by atoms with Crippen molar-refractivity contribution in [3.8, 4) is 0 Å². The SMILES string of the molecule is CCCN(CCN(C)C)C(=O)CCN. The molecule has 0 radical (unpaired) electrons. The largest absolute Gasteiger partial charge is 0.341 e. The summed E-state index contributed by atoms with van der Waals surface area (Å²) in [5.41, 5.74) is 5.36. The molecule has 84 valence electrons. The molecular weight excluding hydrogens is 178 g/mol. The van der Waals surface area contributed by atoms with Crippen molar-refractivity contribution in [1.29, 1.82) is 0 Å². The Kier molecular flexibility index (Phi) is 7.42. The standard InChI is InChI=1S/C10H23N3O/c1-4-7-13(9-8-12(2)3)10(14)5-6-11/h4-9,11H2,1-3H3.